The number of hydrogen-bond acceptors (Lipinski definition) is 5. The van der Waals surface area contributed by atoms with E-state index in [1.807, 2.05) is 20.8 Å². The SMILES string of the molecule is COCC(=O)Nc1ccc(C)c(NC(=O)c2cc(C(C)C)no2)c1. The van der Waals surface area contributed by atoms with Crippen LogP contribution in [0.1, 0.15) is 41.6 Å². The van der Waals surface area contributed by atoms with Gasteiger partial charge in [0.1, 0.15) is 6.61 Å². The first-order valence-electron chi connectivity index (χ1n) is 7.58. The second-order valence-corrected chi connectivity index (χ2v) is 5.74. The van der Waals surface area contributed by atoms with Gasteiger partial charge in [0.2, 0.25) is 11.7 Å². The first-order chi connectivity index (χ1) is 11.4. The number of rotatable bonds is 6. The summed E-state index contributed by atoms with van der Waals surface area (Å²) in [5.74, 6) is -0.336. The molecule has 7 nitrogen and oxygen atoms in total. The molecule has 0 aliphatic rings. The molecule has 0 aliphatic carbocycles. The predicted octanol–water partition coefficient (Wildman–Crippen LogP) is 2.94. The van der Waals surface area contributed by atoms with Gasteiger partial charge in [-0.1, -0.05) is 25.1 Å². The summed E-state index contributed by atoms with van der Waals surface area (Å²) >= 11 is 0. The molecule has 1 heterocycles. The lowest BCUT2D eigenvalue weighted by atomic mass is 10.1. The predicted molar refractivity (Wildman–Crippen MR) is 90.2 cm³/mol. The molecule has 0 bridgehead atoms. The lowest BCUT2D eigenvalue weighted by Crippen LogP contribution is -2.17. The summed E-state index contributed by atoms with van der Waals surface area (Å²) in [5.41, 5.74) is 2.73. The van der Waals surface area contributed by atoms with Crippen molar-refractivity contribution in [3.05, 3.63) is 41.3 Å². The molecule has 7 heteroatoms. The molecule has 0 unspecified atom stereocenters. The summed E-state index contributed by atoms with van der Waals surface area (Å²) in [6, 6.07) is 6.86. The number of carbonyl (C=O) groups excluding carboxylic acids is 2. The second kappa shape index (κ2) is 7.74. The highest BCUT2D eigenvalue weighted by atomic mass is 16.5. The monoisotopic (exact) mass is 331 g/mol. The molecule has 128 valence electrons. The maximum atomic E-state index is 12.3. The molecule has 2 aromatic rings. The van der Waals surface area contributed by atoms with Gasteiger partial charge in [-0.15, -0.1) is 0 Å². The van der Waals surface area contributed by atoms with Crippen LogP contribution in [0.3, 0.4) is 0 Å². The van der Waals surface area contributed by atoms with E-state index in [4.69, 9.17) is 9.26 Å². The molecule has 0 saturated heterocycles. The average molecular weight is 331 g/mol. The van der Waals surface area contributed by atoms with Crippen molar-refractivity contribution in [1.82, 2.24) is 5.16 Å². The van der Waals surface area contributed by atoms with Crippen LogP contribution in [0.5, 0.6) is 0 Å². The van der Waals surface area contributed by atoms with E-state index < -0.39 is 5.91 Å². The third-order valence-corrected chi connectivity index (χ3v) is 3.39. The van der Waals surface area contributed by atoms with Gasteiger partial charge in [0.15, 0.2) is 0 Å². The number of aromatic nitrogens is 1. The van der Waals surface area contributed by atoms with Gasteiger partial charge < -0.3 is 19.9 Å². The molecular weight excluding hydrogens is 310 g/mol. The fourth-order valence-electron chi connectivity index (χ4n) is 2.01. The van der Waals surface area contributed by atoms with E-state index in [0.717, 1.165) is 11.3 Å². The molecule has 2 N–H and O–H groups in total. The number of benzene rings is 1. The number of anilines is 2. The Kier molecular flexibility index (Phi) is 5.70. The third-order valence-electron chi connectivity index (χ3n) is 3.39. The number of nitrogens with one attached hydrogen (secondary N) is 2. The van der Waals surface area contributed by atoms with Gasteiger partial charge in [-0.05, 0) is 30.5 Å². The summed E-state index contributed by atoms with van der Waals surface area (Å²) in [6.07, 6.45) is 0. The lowest BCUT2D eigenvalue weighted by molar-refractivity contribution is -0.119. The van der Waals surface area contributed by atoms with E-state index in [9.17, 15) is 9.59 Å². The molecule has 24 heavy (non-hydrogen) atoms. The van der Waals surface area contributed by atoms with E-state index >= 15 is 0 Å². The molecule has 1 aromatic heterocycles. The number of carbonyl (C=O) groups is 2. The van der Waals surface area contributed by atoms with Gasteiger partial charge in [-0.25, -0.2) is 0 Å². The zero-order valence-electron chi connectivity index (χ0n) is 14.2. The minimum Gasteiger partial charge on any atom is -0.375 e. The van der Waals surface area contributed by atoms with Crippen molar-refractivity contribution in [2.75, 3.05) is 24.4 Å². The van der Waals surface area contributed by atoms with Crippen molar-refractivity contribution < 1.29 is 18.8 Å². The van der Waals surface area contributed by atoms with Gasteiger partial charge >= 0.3 is 0 Å². The van der Waals surface area contributed by atoms with Crippen LogP contribution in [0.25, 0.3) is 0 Å². The molecule has 0 fully saturated rings. The largest absolute Gasteiger partial charge is 0.375 e. The normalized spacial score (nSPS) is 10.7. The number of methoxy groups -OCH3 is 1. The van der Waals surface area contributed by atoms with Crippen molar-refractivity contribution in [2.45, 2.75) is 26.7 Å². The number of aryl methyl sites for hydroxylation is 1. The van der Waals surface area contributed by atoms with Crippen LogP contribution in [-0.4, -0.2) is 30.7 Å². The van der Waals surface area contributed by atoms with Crippen molar-refractivity contribution >= 4 is 23.2 Å². The fourth-order valence-corrected chi connectivity index (χ4v) is 2.01. The van der Waals surface area contributed by atoms with Crippen LogP contribution in [0.2, 0.25) is 0 Å². The third kappa shape index (κ3) is 4.42. The highest BCUT2D eigenvalue weighted by Gasteiger charge is 2.16. The maximum Gasteiger partial charge on any atom is 0.294 e. The summed E-state index contributed by atoms with van der Waals surface area (Å²) in [7, 11) is 1.45. The van der Waals surface area contributed by atoms with E-state index in [1.54, 1.807) is 24.3 Å². The Morgan fingerprint density at radius 3 is 2.62 bits per heavy atom. The minimum absolute atomic E-state index is 0.0361. The van der Waals surface area contributed by atoms with E-state index in [2.05, 4.69) is 15.8 Å². The lowest BCUT2D eigenvalue weighted by Gasteiger charge is -2.10. The molecule has 0 spiro atoms. The standard InChI is InChI=1S/C17H21N3O4/c1-10(2)13-8-15(24-20-13)17(22)19-14-7-12(6-5-11(14)3)18-16(21)9-23-4/h5-8,10H,9H2,1-4H3,(H,18,21)(H,19,22). The number of nitrogens with zero attached hydrogens (tertiary/aromatic N) is 1. The van der Waals surface area contributed by atoms with Gasteiger partial charge in [0.05, 0.1) is 5.69 Å². The van der Waals surface area contributed by atoms with Crippen molar-refractivity contribution in [3.63, 3.8) is 0 Å². The summed E-state index contributed by atoms with van der Waals surface area (Å²) in [5, 5.41) is 9.33. The van der Waals surface area contributed by atoms with Crippen LogP contribution in [0.15, 0.2) is 28.8 Å². The Hall–Kier alpha value is -2.67. The molecule has 0 aliphatic heterocycles. The van der Waals surface area contributed by atoms with Gasteiger partial charge in [-0.2, -0.15) is 0 Å². The molecule has 0 atom stereocenters. The molecule has 0 saturated carbocycles. The Balaban J connectivity index is 2.12. The van der Waals surface area contributed by atoms with Crippen LogP contribution in [-0.2, 0) is 9.53 Å². The smallest absolute Gasteiger partial charge is 0.294 e. The summed E-state index contributed by atoms with van der Waals surface area (Å²) < 4.78 is 9.85. The maximum absolute atomic E-state index is 12.3. The minimum atomic E-state index is -0.391. The molecule has 2 rings (SSSR count). The van der Waals surface area contributed by atoms with Crippen molar-refractivity contribution in [3.8, 4) is 0 Å². The van der Waals surface area contributed by atoms with Crippen LogP contribution in [0.4, 0.5) is 11.4 Å². The Morgan fingerprint density at radius 2 is 2.00 bits per heavy atom. The molecule has 2 amide bonds. The van der Waals surface area contributed by atoms with E-state index in [0.29, 0.717) is 11.4 Å². The van der Waals surface area contributed by atoms with Crippen LogP contribution in [0, 0.1) is 6.92 Å². The first-order valence-corrected chi connectivity index (χ1v) is 7.58. The summed E-state index contributed by atoms with van der Waals surface area (Å²) in [6.45, 7) is 5.76. The zero-order chi connectivity index (χ0) is 17.7. The Labute approximate surface area is 140 Å². The number of hydrogen-bond donors (Lipinski definition) is 2. The summed E-state index contributed by atoms with van der Waals surface area (Å²) in [4.78, 5) is 23.9. The highest BCUT2D eigenvalue weighted by Crippen LogP contribution is 2.22. The van der Waals surface area contributed by atoms with Crippen molar-refractivity contribution in [1.29, 1.82) is 0 Å². The quantitative estimate of drug-likeness (QED) is 0.849. The van der Waals surface area contributed by atoms with Crippen LogP contribution < -0.4 is 10.6 Å². The van der Waals surface area contributed by atoms with E-state index in [1.165, 1.54) is 7.11 Å². The Morgan fingerprint density at radius 1 is 1.25 bits per heavy atom. The van der Waals surface area contributed by atoms with Crippen LogP contribution >= 0.6 is 0 Å². The number of amides is 2. The molecule has 1 aromatic carbocycles. The van der Waals surface area contributed by atoms with Gasteiger partial charge in [-0.3, -0.25) is 9.59 Å². The average Bonchev–Trinajstić information content (AvgIpc) is 3.01. The van der Waals surface area contributed by atoms with Gasteiger partial charge in [0, 0.05) is 24.6 Å². The van der Waals surface area contributed by atoms with Crippen molar-refractivity contribution in [2.24, 2.45) is 0 Å². The molecule has 0 radical (unpaired) electrons. The van der Waals surface area contributed by atoms with Gasteiger partial charge in [0.25, 0.3) is 5.91 Å². The molecular formula is C17H21N3O4. The first kappa shape index (κ1) is 17.7. The Bertz CT molecular complexity index is 737. The van der Waals surface area contributed by atoms with E-state index in [-0.39, 0.29) is 24.2 Å². The topological polar surface area (TPSA) is 93.5 Å². The fraction of sp³-hybridized carbons (Fsp3) is 0.353. The zero-order valence-corrected chi connectivity index (χ0v) is 14.2. The number of ether oxygens (including phenoxy) is 1. The highest BCUT2D eigenvalue weighted by molar-refractivity contribution is 6.03. The second-order valence-electron chi connectivity index (χ2n) is 5.74.